The van der Waals surface area contributed by atoms with Gasteiger partial charge in [0, 0.05) is 0 Å². The molecule has 0 radical (unpaired) electrons. The van der Waals surface area contributed by atoms with E-state index in [4.69, 9.17) is 14.6 Å². The summed E-state index contributed by atoms with van der Waals surface area (Å²) in [5.41, 5.74) is 0.535. The number of esters is 1. The lowest BCUT2D eigenvalue weighted by molar-refractivity contribution is -0.142. The van der Waals surface area contributed by atoms with Gasteiger partial charge in [-0.05, 0) is 19.1 Å². The van der Waals surface area contributed by atoms with E-state index in [0.717, 1.165) is 0 Å². The van der Waals surface area contributed by atoms with Crippen LogP contribution in [-0.4, -0.2) is 30.3 Å². The zero-order valence-corrected chi connectivity index (χ0v) is 10.5. The van der Waals surface area contributed by atoms with Gasteiger partial charge in [0.05, 0.1) is 12.2 Å². The van der Waals surface area contributed by atoms with Crippen LogP contribution in [0.5, 0.6) is 5.75 Å². The van der Waals surface area contributed by atoms with Crippen molar-refractivity contribution in [3.05, 3.63) is 29.8 Å². The number of ether oxygens (including phenoxy) is 2. The quantitative estimate of drug-likeness (QED) is 0.642. The number of para-hydroxylation sites is 1. The Kier molecular flexibility index (Phi) is 5.96. The molecule has 0 aliphatic heterocycles. The second-order valence-electron chi connectivity index (χ2n) is 3.46. The molecular weight excluding hydrogens is 248 g/mol. The molecule has 19 heavy (non-hydrogen) atoms. The molecule has 0 spiro atoms. The Hall–Kier alpha value is -2.48. The Balaban J connectivity index is 2.69. The van der Waals surface area contributed by atoms with Crippen molar-refractivity contribution in [2.75, 3.05) is 13.2 Å². The number of hydrogen-bond donors (Lipinski definition) is 1. The molecule has 0 unspecified atom stereocenters. The lowest BCUT2D eigenvalue weighted by atomic mass is 10.2. The molecule has 1 rings (SSSR count). The summed E-state index contributed by atoms with van der Waals surface area (Å²) in [6, 6.07) is 6.78. The van der Waals surface area contributed by atoms with Crippen LogP contribution < -0.4 is 4.74 Å². The fourth-order valence-electron chi connectivity index (χ4n) is 1.26. The predicted molar refractivity (Wildman–Crippen MR) is 67.7 cm³/mol. The number of hydrogen-bond acceptors (Lipinski definition) is 4. The van der Waals surface area contributed by atoms with Crippen molar-refractivity contribution in [1.29, 1.82) is 0 Å². The highest BCUT2D eigenvalue weighted by Gasteiger charge is 2.03. The number of carboxylic acids is 1. The topological polar surface area (TPSA) is 72.8 Å². The predicted octanol–water partition coefficient (Wildman–Crippen LogP) is 1.45. The maximum absolute atomic E-state index is 11.1. The zero-order valence-electron chi connectivity index (χ0n) is 10.5. The van der Waals surface area contributed by atoms with Crippen molar-refractivity contribution in [2.45, 2.75) is 13.3 Å². The Morgan fingerprint density at radius 3 is 2.74 bits per heavy atom. The van der Waals surface area contributed by atoms with Crippen molar-refractivity contribution in [1.82, 2.24) is 0 Å². The molecule has 0 aliphatic rings. The molecule has 0 bridgehead atoms. The van der Waals surface area contributed by atoms with Crippen LogP contribution in [-0.2, 0) is 14.3 Å². The Labute approximate surface area is 111 Å². The van der Waals surface area contributed by atoms with Gasteiger partial charge in [-0.3, -0.25) is 4.79 Å². The summed E-state index contributed by atoms with van der Waals surface area (Å²) in [5, 5.41) is 8.55. The number of carbonyl (C=O) groups excluding carboxylic acids is 1. The number of carboxylic acid groups (broad SMARTS) is 1. The summed E-state index contributed by atoms with van der Waals surface area (Å²) in [6.45, 7) is 1.61. The average Bonchev–Trinajstić information content (AvgIpc) is 2.38. The van der Waals surface area contributed by atoms with E-state index in [1.54, 1.807) is 31.2 Å². The van der Waals surface area contributed by atoms with Gasteiger partial charge >= 0.3 is 11.9 Å². The van der Waals surface area contributed by atoms with Gasteiger partial charge in [0.2, 0.25) is 0 Å². The molecule has 0 saturated carbocycles. The van der Waals surface area contributed by atoms with Gasteiger partial charge in [-0.15, -0.1) is 0 Å². The molecule has 5 nitrogen and oxygen atoms in total. The summed E-state index contributed by atoms with van der Waals surface area (Å²) in [6.07, 6.45) is -0.0128. The monoisotopic (exact) mass is 262 g/mol. The summed E-state index contributed by atoms with van der Waals surface area (Å²) in [4.78, 5) is 21.5. The van der Waals surface area contributed by atoms with E-state index in [1.807, 2.05) is 0 Å². The van der Waals surface area contributed by atoms with Crippen LogP contribution in [0.25, 0.3) is 0 Å². The lowest BCUT2D eigenvalue weighted by Gasteiger charge is -2.04. The normalized spacial score (nSPS) is 9.11. The van der Waals surface area contributed by atoms with Gasteiger partial charge in [-0.25, -0.2) is 4.79 Å². The summed E-state index contributed by atoms with van der Waals surface area (Å²) in [7, 11) is 0. The van der Waals surface area contributed by atoms with Gasteiger partial charge in [-0.1, -0.05) is 24.0 Å². The minimum Gasteiger partial charge on any atom is -0.481 e. The average molecular weight is 262 g/mol. The van der Waals surface area contributed by atoms with Crippen molar-refractivity contribution in [3.8, 4) is 17.6 Å². The molecule has 1 aromatic carbocycles. The van der Waals surface area contributed by atoms with E-state index < -0.39 is 12.6 Å². The van der Waals surface area contributed by atoms with Crippen LogP contribution >= 0.6 is 0 Å². The van der Waals surface area contributed by atoms with Gasteiger partial charge in [-0.2, -0.15) is 0 Å². The van der Waals surface area contributed by atoms with Crippen LogP contribution in [0.3, 0.4) is 0 Å². The van der Waals surface area contributed by atoms with Gasteiger partial charge in [0.1, 0.15) is 12.2 Å². The van der Waals surface area contributed by atoms with Crippen LogP contribution in [0.2, 0.25) is 0 Å². The van der Waals surface area contributed by atoms with Crippen molar-refractivity contribution < 1.29 is 24.2 Å². The minimum absolute atomic E-state index is 0.0128. The van der Waals surface area contributed by atoms with Crippen molar-refractivity contribution in [3.63, 3.8) is 0 Å². The SMILES string of the molecule is CCOC(=O)CC#Cc1ccccc1OCC(=O)O. The molecule has 0 aliphatic carbocycles. The van der Waals surface area contributed by atoms with Gasteiger partial charge < -0.3 is 14.6 Å². The second kappa shape index (κ2) is 7.77. The molecule has 1 N–H and O–H groups in total. The highest BCUT2D eigenvalue weighted by Crippen LogP contribution is 2.16. The Morgan fingerprint density at radius 1 is 1.32 bits per heavy atom. The smallest absolute Gasteiger partial charge is 0.341 e. The number of benzene rings is 1. The largest absolute Gasteiger partial charge is 0.481 e. The fourth-order valence-corrected chi connectivity index (χ4v) is 1.26. The van der Waals surface area contributed by atoms with E-state index in [0.29, 0.717) is 17.9 Å². The highest BCUT2D eigenvalue weighted by molar-refractivity contribution is 5.72. The molecular formula is C14H14O5. The first kappa shape index (κ1) is 14.6. The molecule has 1 aromatic rings. The third-order valence-electron chi connectivity index (χ3n) is 2.00. The number of carbonyl (C=O) groups is 2. The summed E-state index contributed by atoms with van der Waals surface area (Å²) in [5.74, 6) is 4.35. The molecule has 0 atom stereocenters. The molecule has 0 amide bonds. The van der Waals surface area contributed by atoms with Gasteiger partial charge in [0.25, 0.3) is 0 Å². The maximum atomic E-state index is 11.1. The van der Waals surface area contributed by atoms with E-state index in [1.165, 1.54) is 0 Å². The first-order valence-electron chi connectivity index (χ1n) is 5.71. The van der Waals surface area contributed by atoms with Gasteiger partial charge in [0.15, 0.2) is 6.61 Å². The van der Waals surface area contributed by atoms with Crippen LogP contribution in [0.4, 0.5) is 0 Å². The summed E-state index contributed by atoms with van der Waals surface area (Å²) >= 11 is 0. The van der Waals surface area contributed by atoms with Crippen LogP contribution in [0.15, 0.2) is 24.3 Å². The zero-order chi connectivity index (χ0) is 14.1. The third-order valence-corrected chi connectivity index (χ3v) is 2.00. The molecule has 0 heterocycles. The molecule has 5 heteroatoms. The third kappa shape index (κ3) is 5.59. The number of aliphatic carboxylic acids is 1. The van der Waals surface area contributed by atoms with Crippen molar-refractivity contribution in [2.24, 2.45) is 0 Å². The molecule has 0 aromatic heterocycles. The highest BCUT2D eigenvalue weighted by atomic mass is 16.5. The van der Waals surface area contributed by atoms with E-state index in [9.17, 15) is 9.59 Å². The Morgan fingerprint density at radius 2 is 2.05 bits per heavy atom. The number of rotatable bonds is 5. The molecule has 0 saturated heterocycles. The van der Waals surface area contributed by atoms with E-state index in [2.05, 4.69) is 11.8 Å². The second-order valence-corrected chi connectivity index (χ2v) is 3.46. The summed E-state index contributed by atoms with van der Waals surface area (Å²) < 4.78 is 9.82. The Bertz CT molecular complexity index is 510. The maximum Gasteiger partial charge on any atom is 0.341 e. The molecule has 100 valence electrons. The first-order valence-corrected chi connectivity index (χ1v) is 5.71. The fraction of sp³-hybridized carbons (Fsp3) is 0.286. The molecule has 0 fully saturated rings. The standard InChI is InChI=1S/C14H14O5/c1-2-18-14(17)9-5-7-11-6-3-4-8-12(11)19-10-13(15)16/h3-4,6,8H,2,9-10H2,1H3,(H,15,16). The van der Waals surface area contributed by atoms with E-state index in [-0.39, 0.29) is 12.4 Å². The van der Waals surface area contributed by atoms with Crippen LogP contribution in [0, 0.1) is 11.8 Å². The minimum atomic E-state index is -1.06. The lowest BCUT2D eigenvalue weighted by Crippen LogP contribution is -2.10. The van der Waals surface area contributed by atoms with Crippen molar-refractivity contribution >= 4 is 11.9 Å². The first-order chi connectivity index (χ1) is 9.13. The van der Waals surface area contributed by atoms with E-state index >= 15 is 0 Å². The van der Waals surface area contributed by atoms with Crippen LogP contribution in [0.1, 0.15) is 18.9 Å².